The van der Waals surface area contributed by atoms with E-state index in [1.165, 1.54) is 11.0 Å². The fourth-order valence-electron chi connectivity index (χ4n) is 5.07. The van der Waals surface area contributed by atoms with Gasteiger partial charge in [-0.15, -0.1) is 0 Å². The molecule has 2 aliphatic carbocycles. The van der Waals surface area contributed by atoms with E-state index in [1.54, 1.807) is 12.1 Å². The number of rotatable bonds is 3. The van der Waals surface area contributed by atoms with Gasteiger partial charge in [0.1, 0.15) is 0 Å². The number of carbonyl (C=O) groups is 3. The molecule has 2 aliphatic heterocycles. The minimum atomic E-state index is -1.07. The van der Waals surface area contributed by atoms with Crippen molar-refractivity contribution in [1.29, 1.82) is 0 Å². The van der Waals surface area contributed by atoms with E-state index in [2.05, 4.69) is 0 Å². The third kappa shape index (κ3) is 2.34. The van der Waals surface area contributed by atoms with Crippen LogP contribution in [0.25, 0.3) is 0 Å². The van der Waals surface area contributed by atoms with Gasteiger partial charge in [-0.05, 0) is 36.5 Å². The van der Waals surface area contributed by atoms with Crippen molar-refractivity contribution in [2.75, 3.05) is 36.1 Å². The monoisotopic (exact) mass is 368 g/mol. The summed E-state index contributed by atoms with van der Waals surface area (Å²) in [7, 11) is 0. The number of aromatic carboxylic acids is 1. The smallest absolute Gasteiger partial charge is 0.337 e. The molecule has 0 radical (unpaired) electrons. The quantitative estimate of drug-likeness (QED) is 0.643. The van der Waals surface area contributed by atoms with E-state index in [9.17, 15) is 19.5 Å². The van der Waals surface area contributed by atoms with E-state index in [0.29, 0.717) is 37.7 Å². The van der Waals surface area contributed by atoms with Crippen LogP contribution >= 0.6 is 0 Å². The summed E-state index contributed by atoms with van der Waals surface area (Å²) in [5.74, 6) is -1.78. The highest BCUT2D eigenvalue weighted by Crippen LogP contribution is 2.53. The summed E-state index contributed by atoms with van der Waals surface area (Å²) >= 11 is 0. The van der Waals surface area contributed by atoms with Crippen LogP contribution in [0.2, 0.25) is 0 Å². The van der Waals surface area contributed by atoms with Crippen LogP contribution in [0.1, 0.15) is 16.8 Å². The normalized spacial score (nSPS) is 31.7. The van der Waals surface area contributed by atoms with Crippen molar-refractivity contribution in [2.24, 2.45) is 23.7 Å². The predicted octanol–water partition coefficient (Wildman–Crippen LogP) is 1.53. The van der Waals surface area contributed by atoms with Crippen LogP contribution in [0, 0.1) is 23.7 Å². The van der Waals surface area contributed by atoms with E-state index in [-0.39, 0.29) is 41.0 Å². The SMILES string of the molecule is O=C(O)c1cc(N2C(=O)[C@@H]3[C@H](C2=O)[C@@H]2C=C[C@H]3C2)ccc1N1CCOCC1. The van der Waals surface area contributed by atoms with Crippen LogP contribution in [0.15, 0.2) is 30.4 Å². The Bertz CT molecular complexity index is 843. The maximum absolute atomic E-state index is 13.0. The number of fused-ring (bicyclic) bond motifs is 5. The fourth-order valence-corrected chi connectivity index (χ4v) is 5.07. The Morgan fingerprint density at radius 2 is 1.67 bits per heavy atom. The molecule has 0 aromatic heterocycles. The van der Waals surface area contributed by atoms with Crippen molar-refractivity contribution in [1.82, 2.24) is 0 Å². The van der Waals surface area contributed by atoms with Crippen molar-refractivity contribution in [3.8, 4) is 0 Å². The van der Waals surface area contributed by atoms with Crippen LogP contribution in [0.5, 0.6) is 0 Å². The number of hydrogen-bond acceptors (Lipinski definition) is 5. The molecule has 1 aromatic carbocycles. The summed E-state index contributed by atoms with van der Waals surface area (Å²) in [4.78, 5) is 40.9. The zero-order chi connectivity index (χ0) is 18.7. The largest absolute Gasteiger partial charge is 0.478 e. The highest BCUT2D eigenvalue weighted by molar-refractivity contribution is 6.23. The second kappa shape index (κ2) is 5.92. The molecule has 2 heterocycles. The van der Waals surface area contributed by atoms with Crippen molar-refractivity contribution in [2.45, 2.75) is 6.42 Å². The molecule has 140 valence electrons. The lowest BCUT2D eigenvalue weighted by molar-refractivity contribution is -0.123. The molecular formula is C20H20N2O5. The zero-order valence-corrected chi connectivity index (χ0v) is 14.7. The number of morpholine rings is 1. The van der Waals surface area contributed by atoms with Gasteiger partial charge in [-0.3, -0.25) is 9.59 Å². The number of carboxylic acid groups (broad SMARTS) is 1. The van der Waals surface area contributed by atoms with E-state index < -0.39 is 5.97 Å². The number of carboxylic acids is 1. The van der Waals surface area contributed by atoms with Crippen molar-refractivity contribution in [3.63, 3.8) is 0 Å². The first-order chi connectivity index (χ1) is 13.1. The minimum Gasteiger partial charge on any atom is -0.478 e. The van der Waals surface area contributed by atoms with E-state index in [4.69, 9.17) is 4.74 Å². The molecule has 5 rings (SSSR count). The minimum absolute atomic E-state index is 0.105. The molecule has 1 aromatic rings. The fraction of sp³-hybridized carbons (Fsp3) is 0.450. The number of carbonyl (C=O) groups excluding carboxylic acids is 2. The van der Waals surface area contributed by atoms with E-state index >= 15 is 0 Å². The standard InChI is InChI=1S/C20H20N2O5/c23-18-16-11-1-2-12(9-11)17(16)19(24)22(18)13-3-4-15(14(10-13)20(25)26)21-5-7-27-8-6-21/h1-4,10-12,16-17H,5-9H2,(H,25,26)/t11-,12+,16-,17+. The Kier molecular flexibility index (Phi) is 3.62. The predicted molar refractivity (Wildman–Crippen MR) is 96.6 cm³/mol. The van der Waals surface area contributed by atoms with Gasteiger partial charge >= 0.3 is 5.97 Å². The molecule has 2 saturated heterocycles. The van der Waals surface area contributed by atoms with Crippen LogP contribution in [-0.4, -0.2) is 49.2 Å². The number of hydrogen-bond donors (Lipinski definition) is 1. The number of allylic oxidation sites excluding steroid dienone is 2. The van der Waals surface area contributed by atoms with Gasteiger partial charge < -0.3 is 14.7 Å². The third-order valence-corrected chi connectivity index (χ3v) is 6.29. The Hall–Kier alpha value is -2.67. The third-order valence-electron chi connectivity index (χ3n) is 6.29. The molecule has 1 N–H and O–H groups in total. The lowest BCUT2D eigenvalue weighted by atomic mass is 9.85. The first-order valence-electron chi connectivity index (χ1n) is 9.32. The average molecular weight is 368 g/mol. The van der Waals surface area contributed by atoms with Gasteiger partial charge in [-0.25, -0.2) is 9.69 Å². The maximum atomic E-state index is 13.0. The van der Waals surface area contributed by atoms with Gasteiger partial charge in [0.25, 0.3) is 0 Å². The summed E-state index contributed by atoms with van der Waals surface area (Å²) in [6, 6.07) is 4.84. The van der Waals surface area contributed by atoms with Crippen LogP contribution in [0.3, 0.4) is 0 Å². The number of benzene rings is 1. The lowest BCUT2D eigenvalue weighted by Gasteiger charge is -2.30. The zero-order valence-electron chi connectivity index (χ0n) is 14.7. The van der Waals surface area contributed by atoms with Crippen LogP contribution < -0.4 is 9.80 Å². The highest BCUT2D eigenvalue weighted by atomic mass is 16.5. The molecule has 0 unspecified atom stereocenters. The van der Waals surface area contributed by atoms with Gasteiger partial charge in [-0.2, -0.15) is 0 Å². The Balaban J connectivity index is 1.51. The summed E-state index contributed by atoms with van der Waals surface area (Å²) in [6.45, 7) is 2.31. The summed E-state index contributed by atoms with van der Waals surface area (Å²) in [5, 5.41) is 9.69. The number of anilines is 2. The molecule has 4 atom stereocenters. The lowest BCUT2D eigenvalue weighted by Crippen LogP contribution is -2.37. The van der Waals surface area contributed by atoms with Crippen molar-refractivity contribution in [3.05, 3.63) is 35.9 Å². The van der Waals surface area contributed by atoms with Gasteiger partial charge in [-0.1, -0.05) is 12.2 Å². The number of nitrogens with zero attached hydrogens (tertiary/aromatic N) is 2. The molecule has 0 spiro atoms. The summed E-state index contributed by atoms with van der Waals surface area (Å²) < 4.78 is 5.33. The Labute approximate surface area is 156 Å². The van der Waals surface area contributed by atoms with Gasteiger partial charge in [0.05, 0.1) is 42.0 Å². The highest BCUT2D eigenvalue weighted by Gasteiger charge is 2.59. The number of amides is 2. The topological polar surface area (TPSA) is 87.2 Å². The van der Waals surface area contributed by atoms with Crippen molar-refractivity contribution < 1.29 is 24.2 Å². The van der Waals surface area contributed by atoms with Crippen molar-refractivity contribution >= 4 is 29.2 Å². The second-order valence-electron chi connectivity index (χ2n) is 7.62. The Morgan fingerprint density at radius 1 is 1.04 bits per heavy atom. The molecule has 4 aliphatic rings. The molecule has 2 amide bonds. The molecule has 7 nitrogen and oxygen atoms in total. The maximum Gasteiger partial charge on any atom is 0.337 e. The van der Waals surface area contributed by atoms with Gasteiger partial charge in [0, 0.05) is 13.1 Å². The number of ether oxygens (including phenoxy) is 1. The van der Waals surface area contributed by atoms with Crippen LogP contribution in [-0.2, 0) is 14.3 Å². The molecule has 2 bridgehead atoms. The average Bonchev–Trinajstić information content (AvgIpc) is 3.36. The van der Waals surface area contributed by atoms with E-state index in [1.807, 2.05) is 17.1 Å². The molecule has 3 fully saturated rings. The molecule has 7 heteroatoms. The molecule has 1 saturated carbocycles. The van der Waals surface area contributed by atoms with Gasteiger partial charge in [0.15, 0.2) is 0 Å². The first kappa shape index (κ1) is 16.5. The van der Waals surface area contributed by atoms with E-state index in [0.717, 1.165) is 6.42 Å². The van der Waals surface area contributed by atoms with Gasteiger partial charge in [0.2, 0.25) is 11.8 Å². The summed E-state index contributed by atoms with van der Waals surface area (Å²) in [5.41, 5.74) is 1.05. The number of imide groups is 1. The Morgan fingerprint density at radius 3 is 2.26 bits per heavy atom. The first-order valence-corrected chi connectivity index (χ1v) is 9.32. The summed E-state index contributed by atoms with van der Waals surface area (Å²) in [6.07, 6.45) is 4.96. The second-order valence-corrected chi connectivity index (χ2v) is 7.62. The van der Waals surface area contributed by atoms with Crippen LogP contribution in [0.4, 0.5) is 11.4 Å². The molecular weight excluding hydrogens is 348 g/mol. The molecule has 27 heavy (non-hydrogen) atoms.